The first-order valence-corrected chi connectivity index (χ1v) is 11.1. The number of nitrogens with zero attached hydrogens (tertiary/aromatic N) is 7. The fraction of sp³-hybridized carbons (Fsp3) is 0.435. The number of anilines is 2. The van der Waals surface area contributed by atoms with Gasteiger partial charge >= 0.3 is 0 Å². The van der Waals surface area contributed by atoms with Crippen molar-refractivity contribution in [3.63, 3.8) is 0 Å². The SMILES string of the molecule is CC(C)n1cnnc1-c1cccc(N2Cc3c(cc(N4[C@H](C)C[C@H]4C)nc3CN)C2=O)n1. The molecule has 2 aliphatic rings. The number of hydrogen-bond acceptors (Lipinski definition) is 7. The first-order chi connectivity index (χ1) is 15.4. The Morgan fingerprint density at radius 1 is 1.16 bits per heavy atom. The van der Waals surface area contributed by atoms with Crippen LogP contribution in [0.25, 0.3) is 11.5 Å². The Labute approximate surface area is 187 Å². The molecule has 1 fully saturated rings. The van der Waals surface area contributed by atoms with E-state index in [0.717, 1.165) is 23.5 Å². The Balaban J connectivity index is 1.51. The summed E-state index contributed by atoms with van der Waals surface area (Å²) < 4.78 is 1.96. The zero-order chi connectivity index (χ0) is 22.6. The summed E-state index contributed by atoms with van der Waals surface area (Å²) in [4.78, 5) is 27.0. The largest absolute Gasteiger partial charge is 0.351 e. The highest BCUT2D eigenvalue weighted by molar-refractivity contribution is 6.10. The summed E-state index contributed by atoms with van der Waals surface area (Å²) in [5, 5.41) is 8.27. The highest BCUT2D eigenvalue weighted by atomic mass is 16.2. The van der Waals surface area contributed by atoms with Crippen molar-refractivity contribution in [2.75, 3.05) is 9.80 Å². The molecule has 0 aliphatic carbocycles. The van der Waals surface area contributed by atoms with Gasteiger partial charge in [0.25, 0.3) is 5.91 Å². The maximum absolute atomic E-state index is 13.4. The second-order valence-corrected chi connectivity index (χ2v) is 8.93. The van der Waals surface area contributed by atoms with E-state index in [0.29, 0.717) is 48.1 Å². The summed E-state index contributed by atoms with van der Waals surface area (Å²) in [7, 11) is 0. The number of hydrogen-bond donors (Lipinski definition) is 1. The molecule has 0 bridgehead atoms. The van der Waals surface area contributed by atoms with E-state index in [-0.39, 0.29) is 11.9 Å². The second kappa shape index (κ2) is 7.67. The van der Waals surface area contributed by atoms with Crippen LogP contribution in [-0.2, 0) is 13.1 Å². The van der Waals surface area contributed by atoms with E-state index in [2.05, 4.69) is 42.8 Å². The van der Waals surface area contributed by atoms with Crippen LogP contribution in [0.1, 0.15) is 61.8 Å². The second-order valence-electron chi connectivity index (χ2n) is 8.93. The Morgan fingerprint density at radius 2 is 1.94 bits per heavy atom. The normalized spacial score (nSPS) is 20.1. The van der Waals surface area contributed by atoms with Crippen molar-refractivity contribution in [1.29, 1.82) is 0 Å². The molecule has 0 aromatic carbocycles. The molecule has 166 valence electrons. The quantitative estimate of drug-likeness (QED) is 0.661. The summed E-state index contributed by atoms with van der Waals surface area (Å²) >= 11 is 0. The van der Waals surface area contributed by atoms with Gasteiger partial charge in [0.2, 0.25) is 0 Å². The van der Waals surface area contributed by atoms with Crippen molar-refractivity contribution < 1.29 is 4.79 Å². The van der Waals surface area contributed by atoms with E-state index >= 15 is 0 Å². The van der Waals surface area contributed by atoms with E-state index in [1.807, 2.05) is 28.8 Å². The molecule has 9 heteroatoms. The van der Waals surface area contributed by atoms with Crippen LogP contribution >= 0.6 is 0 Å². The fourth-order valence-corrected chi connectivity index (χ4v) is 4.81. The highest BCUT2D eigenvalue weighted by Gasteiger charge is 2.37. The summed E-state index contributed by atoms with van der Waals surface area (Å²) in [6.45, 7) is 9.18. The first kappa shape index (κ1) is 20.6. The molecule has 2 atom stereocenters. The molecule has 9 nitrogen and oxygen atoms in total. The van der Waals surface area contributed by atoms with Gasteiger partial charge in [-0.05, 0) is 52.3 Å². The highest BCUT2D eigenvalue weighted by Crippen LogP contribution is 2.36. The van der Waals surface area contributed by atoms with Crippen LogP contribution in [0.4, 0.5) is 11.6 Å². The monoisotopic (exact) mass is 432 g/mol. The van der Waals surface area contributed by atoms with Crippen molar-refractivity contribution >= 4 is 17.5 Å². The fourth-order valence-electron chi connectivity index (χ4n) is 4.81. The minimum Gasteiger partial charge on any atom is -0.351 e. The predicted octanol–water partition coefficient (Wildman–Crippen LogP) is 2.92. The molecule has 0 spiro atoms. The Morgan fingerprint density at radius 3 is 2.62 bits per heavy atom. The molecule has 32 heavy (non-hydrogen) atoms. The Bertz CT molecular complexity index is 1180. The molecule has 1 saturated heterocycles. The van der Waals surface area contributed by atoms with Gasteiger partial charge < -0.3 is 15.2 Å². The number of nitrogens with two attached hydrogens (primary N) is 1. The third-order valence-corrected chi connectivity index (χ3v) is 6.45. The molecule has 3 aromatic heterocycles. The van der Waals surface area contributed by atoms with E-state index in [1.165, 1.54) is 0 Å². The third kappa shape index (κ3) is 3.15. The summed E-state index contributed by atoms with van der Waals surface area (Å²) in [5.74, 6) is 2.02. The van der Waals surface area contributed by atoms with E-state index in [9.17, 15) is 4.79 Å². The molecule has 2 N–H and O–H groups in total. The lowest BCUT2D eigenvalue weighted by atomic mass is 9.95. The number of carbonyl (C=O) groups excluding carboxylic acids is 1. The number of carbonyl (C=O) groups is 1. The van der Waals surface area contributed by atoms with Crippen molar-refractivity contribution in [1.82, 2.24) is 24.7 Å². The van der Waals surface area contributed by atoms with Gasteiger partial charge in [-0.3, -0.25) is 9.69 Å². The molecule has 0 saturated carbocycles. The van der Waals surface area contributed by atoms with E-state index in [4.69, 9.17) is 15.7 Å². The average molecular weight is 433 g/mol. The summed E-state index contributed by atoms with van der Waals surface area (Å²) in [6.07, 6.45) is 2.82. The topological polar surface area (TPSA) is 106 Å². The molecule has 3 aromatic rings. The molecule has 0 radical (unpaired) electrons. The van der Waals surface area contributed by atoms with Gasteiger partial charge in [0, 0.05) is 30.2 Å². The first-order valence-electron chi connectivity index (χ1n) is 11.1. The predicted molar refractivity (Wildman–Crippen MR) is 122 cm³/mol. The lowest BCUT2D eigenvalue weighted by Crippen LogP contribution is -2.53. The van der Waals surface area contributed by atoms with Crippen LogP contribution in [-0.4, -0.2) is 42.7 Å². The maximum atomic E-state index is 13.4. The third-order valence-electron chi connectivity index (χ3n) is 6.45. The molecular formula is C23H28N8O. The molecule has 5 rings (SSSR count). The van der Waals surface area contributed by atoms with Gasteiger partial charge in [-0.15, -0.1) is 10.2 Å². The van der Waals surface area contributed by atoms with Crippen molar-refractivity contribution in [3.8, 4) is 11.5 Å². The van der Waals surface area contributed by atoms with Gasteiger partial charge in [0.05, 0.1) is 17.8 Å². The molecule has 0 unspecified atom stereocenters. The van der Waals surface area contributed by atoms with Crippen LogP contribution in [0.2, 0.25) is 0 Å². The van der Waals surface area contributed by atoms with Gasteiger partial charge in [0.1, 0.15) is 23.7 Å². The number of amides is 1. The molecular weight excluding hydrogens is 404 g/mol. The lowest BCUT2D eigenvalue weighted by molar-refractivity contribution is 0.0996. The maximum Gasteiger partial charge on any atom is 0.260 e. The average Bonchev–Trinajstić information content (AvgIpc) is 3.39. The van der Waals surface area contributed by atoms with Crippen LogP contribution in [0, 0.1) is 0 Å². The van der Waals surface area contributed by atoms with Gasteiger partial charge in [0.15, 0.2) is 5.82 Å². The molecule has 1 amide bonds. The van der Waals surface area contributed by atoms with Crippen LogP contribution in [0.15, 0.2) is 30.6 Å². The van der Waals surface area contributed by atoms with Gasteiger partial charge in [-0.25, -0.2) is 9.97 Å². The zero-order valence-corrected chi connectivity index (χ0v) is 18.9. The van der Waals surface area contributed by atoms with E-state index in [1.54, 1.807) is 11.2 Å². The minimum absolute atomic E-state index is 0.0749. The van der Waals surface area contributed by atoms with E-state index < -0.39 is 0 Å². The molecule has 2 aliphatic heterocycles. The standard InChI is InChI=1S/C23H28N8O/c1-13(2)30-12-25-28-22(30)18-6-5-7-20(26-18)29-11-17-16(23(29)32)9-21(27-19(17)10-24)31-14(3)8-15(31)4/h5-7,9,12-15H,8,10-11,24H2,1-4H3/t14-,15-/m1/s1. The van der Waals surface area contributed by atoms with Crippen LogP contribution in [0.3, 0.4) is 0 Å². The number of rotatable bonds is 5. The molecule has 5 heterocycles. The minimum atomic E-state index is -0.0749. The van der Waals surface area contributed by atoms with Crippen molar-refractivity contribution in [3.05, 3.63) is 47.4 Å². The van der Waals surface area contributed by atoms with Crippen molar-refractivity contribution in [2.45, 2.75) is 65.3 Å². The van der Waals surface area contributed by atoms with Gasteiger partial charge in [-0.2, -0.15) is 0 Å². The van der Waals surface area contributed by atoms with Crippen molar-refractivity contribution in [2.24, 2.45) is 5.73 Å². The number of pyridine rings is 2. The van der Waals surface area contributed by atoms with Gasteiger partial charge in [-0.1, -0.05) is 6.07 Å². The van der Waals surface area contributed by atoms with Crippen LogP contribution < -0.4 is 15.5 Å². The Kier molecular flexibility index (Phi) is 4.93. The number of fused-ring (bicyclic) bond motifs is 1. The zero-order valence-electron chi connectivity index (χ0n) is 18.9. The van der Waals surface area contributed by atoms with Crippen LogP contribution in [0.5, 0.6) is 0 Å². The summed E-state index contributed by atoms with van der Waals surface area (Å²) in [6, 6.07) is 8.56. The number of aromatic nitrogens is 5. The summed E-state index contributed by atoms with van der Waals surface area (Å²) in [5.41, 5.74) is 9.05. The lowest BCUT2D eigenvalue weighted by Gasteiger charge is -2.46. The smallest absolute Gasteiger partial charge is 0.260 e. The Hall–Kier alpha value is -3.33.